The third-order valence-electron chi connectivity index (χ3n) is 5.87. The predicted molar refractivity (Wildman–Crippen MR) is 120 cm³/mol. The van der Waals surface area contributed by atoms with Crippen LogP contribution in [0.1, 0.15) is 29.4 Å². The van der Waals surface area contributed by atoms with Crippen molar-refractivity contribution in [2.24, 2.45) is 5.92 Å². The summed E-state index contributed by atoms with van der Waals surface area (Å²) in [4.78, 5) is 29.7. The fourth-order valence-electron chi connectivity index (χ4n) is 4.22. The topological polar surface area (TPSA) is 69.3 Å². The average molecular weight is 435 g/mol. The number of hydrogen-bond acceptors (Lipinski definition) is 3. The van der Waals surface area contributed by atoms with Gasteiger partial charge in [-0.1, -0.05) is 49.4 Å². The van der Waals surface area contributed by atoms with Crippen molar-refractivity contribution in [3.63, 3.8) is 0 Å². The molecule has 1 atom stereocenters. The van der Waals surface area contributed by atoms with Gasteiger partial charge in [0.1, 0.15) is 11.5 Å². The first-order valence-electron chi connectivity index (χ1n) is 11.0. The van der Waals surface area contributed by atoms with Crippen molar-refractivity contribution in [3.05, 3.63) is 77.9 Å². The second-order valence-electron chi connectivity index (χ2n) is 8.12. The predicted octanol–water partition coefficient (Wildman–Crippen LogP) is 3.77. The van der Waals surface area contributed by atoms with Crippen LogP contribution in [0.15, 0.2) is 60.8 Å². The Morgan fingerprint density at radius 2 is 1.91 bits per heavy atom. The number of rotatable bonds is 6. The van der Waals surface area contributed by atoms with E-state index >= 15 is 0 Å². The van der Waals surface area contributed by atoms with E-state index in [0.29, 0.717) is 43.9 Å². The first-order chi connectivity index (χ1) is 15.6. The molecule has 1 aromatic heterocycles. The summed E-state index contributed by atoms with van der Waals surface area (Å²) in [5.41, 5.74) is 2.75. The highest BCUT2D eigenvalue weighted by Crippen LogP contribution is 2.24. The summed E-state index contributed by atoms with van der Waals surface area (Å²) in [6.45, 7) is 4.09. The molecule has 1 aliphatic rings. The molecule has 1 fully saturated rings. The molecule has 2 amide bonds. The molecule has 0 aliphatic carbocycles. The standard InChI is InChI=1S/C25H27FN4O2/c1-2-13-29-14-15-30(25(32)23-11-12-27-28-23)17-20(24(29)31)16-18-7-9-19(10-8-18)21-5-3-4-6-22(21)26/h3-12,20H,2,13-17H2,1H3,(H,27,28)/t20-/m1/s1. The fraction of sp³-hybridized carbons (Fsp3) is 0.320. The van der Waals surface area contributed by atoms with E-state index in [4.69, 9.17) is 0 Å². The molecule has 166 valence electrons. The maximum absolute atomic E-state index is 14.1. The molecule has 32 heavy (non-hydrogen) atoms. The van der Waals surface area contributed by atoms with Crippen molar-refractivity contribution in [2.75, 3.05) is 26.2 Å². The Morgan fingerprint density at radius 3 is 2.59 bits per heavy atom. The minimum atomic E-state index is -0.338. The van der Waals surface area contributed by atoms with E-state index in [1.165, 1.54) is 6.07 Å². The van der Waals surface area contributed by atoms with Crippen LogP contribution in [-0.2, 0) is 11.2 Å². The number of halogens is 1. The van der Waals surface area contributed by atoms with Crippen LogP contribution in [0.3, 0.4) is 0 Å². The lowest BCUT2D eigenvalue weighted by Crippen LogP contribution is -2.38. The number of hydrogen-bond donors (Lipinski definition) is 1. The Balaban J connectivity index is 1.54. The van der Waals surface area contributed by atoms with Crippen molar-refractivity contribution in [1.29, 1.82) is 0 Å². The van der Waals surface area contributed by atoms with Gasteiger partial charge in [-0.2, -0.15) is 5.10 Å². The molecule has 4 rings (SSSR count). The molecule has 0 radical (unpaired) electrons. The largest absolute Gasteiger partial charge is 0.341 e. The van der Waals surface area contributed by atoms with E-state index in [1.807, 2.05) is 42.2 Å². The summed E-state index contributed by atoms with van der Waals surface area (Å²) in [7, 11) is 0. The van der Waals surface area contributed by atoms with Gasteiger partial charge in [-0.3, -0.25) is 14.7 Å². The number of nitrogens with zero attached hydrogens (tertiary/aromatic N) is 3. The molecule has 2 aromatic carbocycles. The minimum Gasteiger partial charge on any atom is -0.341 e. The maximum atomic E-state index is 14.1. The van der Waals surface area contributed by atoms with Crippen molar-refractivity contribution >= 4 is 11.8 Å². The minimum absolute atomic E-state index is 0.0740. The number of benzene rings is 2. The molecule has 7 heteroatoms. The van der Waals surface area contributed by atoms with Crippen molar-refractivity contribution in [3.8, 4) is 11.1 Å². The number of H-pyrrole nitrogens is 1. The number of aromatic amines is 1. The van der Waals surface area contributed by atoms with Crippen molar-refractivity contribution < 1.29 is 14.0 Å². The molecule has 1 N–H and O–H groups in total. The van der Waals surface area contributed by atoms with Gasteiger partial charge < -0.3 is 9.80 Å². The van der Waals surface area contributed by atoms with E-state index in [1.54, 1.807) is 29.3 Å². The quantitative estimate of drug-likeness (QED) is 0.642. The van der Waals surface area contributed by atoms with Crippen LogP contribution in [0.5, 0.6) is 0 Å². The Labute approximate surface area is 187 Å². The second-order valence-corrected chi connectivity index (χ2v) is 8.12. The lowest BCUT2D eigenvalue weighted by molar-refractivity contribution is -0.134. The van der Waals surface area contributed by atoms with Gasteiger partial charge in [0.15, 0.2) is 0 Å². The highest BCUT2D eigenvalue weighted by molar-refractivity contribution is 5.93. The van der Waals surface area contributed by atoms with Gasteiger partial charge in [-0.25, -0.2) is 4.39 Å². The number of amides is 2. The maximum Gasteiger partial charge on any atom is 0.271 e. The number of carbonyl (C=O) groups is 2. The third kappa shape index (κ3) is 4.72. The van der Waals surface area contributed by atoms with E-state index in [0.717, 1.165) is 17.5 Å². The van der Waals surface area contributed by atoms with Gasteiger partial charge >= 0.3 is 0 Å². The van der Waals surface area contributed by atoms with Crippen molar-refractivity contribution in [2.45, 2.75) is 19.8 Å². The molecule has 2 heterocycles. The molecule has 0 spiro atoms. The SMILES string of the molecule is CCCN1CCN(C(=O)c2ccn[nH]2)C[C@@H](Cc2ccc(-c3ccccc3F)cc2)C1=O. The Bertz CT molecular complexity index is 1070. The first kappa shape index (κ1) is 21.7. The van der Waals surface area contributed by atoms with Crippen LogP contribution >= 0.6 is 0 Å². The lowest BCUT2D eigenvalue weighted by Gasteiger charge is -2.23. The van der Waals surface area contributed by atoms with Gasteiger partial charge in [0, 0.05) is 37.9 Å². The molecular weight excluding hydrogens is 407 g/mol. The highest BCUT2D eigenvalue weighted by Gasteiger charge is 2.32. The number of aromatic nitrogens is 2. The zero-order chi connectivity index (χ0) is 22.5. The molecule has 1 saturated heterocycles. The average Bonchev–Trinajstić information content (AvgIpc) is 3.30. The zero-order valence-corrected chi connectivity index (χ0v) is 18.1. The zero-order valence-electron chi connectivity index (χ0n) is 18.1. The van der Waals surface area contributed by atoms with Gasteiger partial charge in [0.05, 0.1) is 5.92 Å². The van der Waals surface area contributed by atoms with E-state index in [2.05, 4.69) is 10.2 Å². The van der Waals surface area contributed by atoms with Crippen LogP contribution in [-0.4, -0.2) is 58.0 Å². The molecule has 6 nitrogen and oxygen atoms in total. The Morgan fingerprint density at radius 1 is 1.12 bits per heavy atom. The molecule has 0 bridgehead atoms. The molecule has 1 aliphatic heterocycles. The van der Waals surface area contributed by atoms with Crippen LogP contribution in [0.25, 0.3) is 11.1 Å². The molecule has 0 unspecified atom stereocenters. The normalized spacial score (nSPS) is 16.8. The Kier molecular flexibility index (Phi) is 6.63. The first-order valence-corrected chi connectivity index (χ1v) is 11.0. The van der Waals surface area contributed by atoms with Crippen LogP contribution in [0, 0.1) is 11.7 Å². The van der Waals surface area contributed by atoms with Gasteiger partial charge in [-0.15, -0.1) is 0 Å². The summed E-state index contributed by atoms with van der Waals surface area (Å²) in [5.74, 6) is -0.670. The van der Waals surface area contributed by atoms with Crippen LogP contribution in [0.4, 0.5) is 4.39 Å². The van der Waals surface area contributed by atoms with Gasteiger partial charge in [0.25, 0.3) is 5.91 Å². The second kappa shape index (κ2) is 9.77. The summed E-state index contributed by atoms with van der Waals surface area (Å²) in [6.07, 6.45) is 2.93. The smallest absolute Gasteiger partial charge is 0.271 e. The Hall–Kier alpha value is -3.48. The summed E-state index contributed by atoms with van der Waals surface area (Å²) >= 11 is 0. The highest BCUT2D eigenvalue weighted by atomic mass is 19.1. The molecule has 3 aromatic rings. The van der Waals surface area contributed by atoms with E-state index < -0.39 is 0 Å². The van der Waals surface area contributed by atoms with Crippen molar-refractivity contribution in [1.82, 2.24) is 20.0 Å². The van der Waals surface area contributed by atoms with E-state index in [-0.39, 0.29) is 23.5 Å². The van der Waals surface area contributed by atoms with E-state index in [9.17, 15) is 14.0 Å². The third-order valence-corrected chi connectivity index (χ3v) is 5.87. The molecular formula is C25H27FN4O2. The monoisotopic (exact) mass is 434 g/mol. The summed E-state index contributed by atoms with van der Waals surface area (Å²) < 4.78 is 14.1. The fourth-order valence-corrected chi connectivity index (χ4v) is 4.22. The van der Waals surface area contributed by atoms with Gasteiger partial charge in [0.2, 0.25) is 5.91 Å². The summed E-state index contributed by atoms with van der Waals surface area (Å²) in [5, 5.41) is 6.59. The van der Waals surface area contributed by atoms with Crippen LogP contribution in [0.2, 0.25) is 0 Å². The molecule has 0 saturated carbocycles. The number of nitrogens with one attached hydrogen (secondary N) is 1. The summed E-state index contributed by atoms with van der Waals surface area (Å²) in [6, 6.07) is 16.0. The van der Waals surface area contributed by atoms with Gasteiger partial charge in [-0.05, 0) is 36.1 Å². The lowest BCUT2D eigenvalue weighted by atomic mass is 9.95. The van der Waals surface area contributed by atoms with Crippen LogP contribution < -0.4 is 0 Å². The number of carbonyl (C=O) groups excluding carboxylic acids is 2.